The van der Waals surface area contributed by atoms with E-state index in [0.717, 1.165) is 11.3 Å². The number of nitrogens with one attached hydrogen (secondary N) is 3. The van der Waals surface area contributed by atoms with Crippen LogP contribution in [0.15, 0.2) is 54.6 Å². The molecule has 0 saturated carbocycles. The van der Waals surface area contributed by atoms with Crippen molar-refractivity contribution in [2.45, 2.75) is 12.6 Å². The lowest BCUT2D eigenvalue weighted by atomic mass is 10.2. The molecule has 1 saturated heterocycles. The Balaban J connectivity index is 1.53. The molecule has 1 heterocycles. The summed E-state index contributed by atoms with van der Waals surface area (Å²) in [5.41, 5.74) is 0.885. The van der Waals surface area contributed by atoms with Crippen molar-refractivity contribution in [2.24, 2.45) is 0 Å². The van der Waals surface area contributed by atoms with Gasteiger partial charge in [-0.3, -0.25) is 0 Å². The molecule has 29 heavy (non-hydrogen) atoms. The number of carbonyl (C=O) groups is 2. The highest BCUT2D eigenvalue weighted by molar-refractivity contribution is 5.74. The topological polar surface area (TPSA) is 91.9 Å². The first-order valence-electron chi connectivity index (χ1n) is 9.56. The van der Waals surface area contributed by atoms with Gasteiger partial charge in [-0.05, 0) is 18.2 Å². The molecule has 1 aliphatic rings. The molecule has 8 nitrogen and oxygen atoms in total. The number of rotatable bonds is 6. The van der Waals surface area contributed by atoms with Gasteiger partial charge in [-0.25, -0.2) is 9.59 Å². The van der Waals surface area contributed by atoms with Gasteiger partial charge in [0.25, 0.3) is 0 Å². The number of carbonyl (C=O) groups excluding carboxylic acids is 2. The lowest BCUT2D eigenvalue weighted by molar-refractivity contribution is -0.0115. The van der Waals surface area contributed by atoms with Crippen LogP contribution in [0.5, 0.6) is 11.5 Å². The first kappa shape index (κ1) is 20.5. The molecule has 1 fully saturated rings. The van der Waals surface area contributed by atoms with E-state index >= 15 is 0 Å². The summed E-state index contributed by atoms with van der Waals surface area (Å²) in [4.78, 5) is 25.6. The van der Waals surface area contributed by atoms with Crippen LogP contribution in [0.4, 0.5) is 9.59 Å². The Bertz CT molecular complexity index is 815. The molecule has 1 aliphatic heterocycles. The van der Waals surface area contributed by atoms with Crippen molar-refractivity contribution in [1.82, 2.24) is 20.9 Å². The first-order valence-corrected chi connectivity index (χ1v) is 9.56. The Morgan fingerprint density at radius 1 is 1.10 bits per heavy atom. The van der Waals surface area contributed by atoms with E-state index in [1.807, 2.05) is 54.6 Å². The van der Waals surface area contributed by atoms with Crippen molar-refractivity contribution in [1.29, 1.82) is 0 Å². The highest BCUT2D eigenvalue weighted by Crippen LogP contribution is 2.24. The average Bonchev–Trinajstić information content (AvgIpc) is 2.77. The van der Waals surface area contributed by atoms with Crippen molar-refractivity contribution >= 4 is 12.1 Å². The van der Waals surface area contributed by atoms with Gasteiger partial charge >= 0.3 is 12.1 Å². The fraction of sp³-hybridized carbons (Fsp3) is 0.333. The second-order valence-electron chi connectivity index (χ2n) is 6.58. The third kappa shape index (κ3) is 6.11. The van der Waals surface area contributed by atoms with Gasteiger partial charge in [0, 0.05) is 32.2 Å². The maximum absolute atomic E-state index is 12.6. The van der Waals surface area contributed by atoms with E-state index in [1.54, 1.807) is 11.9 Å². The molecule has 1 unspecified atom stereocenters. The van der Waals surface area contributed by atoms with Gasteiger partial charge in [-0.2, -0.15) is 0 Å². The van der Waals surface area contributed by atoms with E-state index < -0.39 is 0 Å². The number of nitrogens with zero attached hydrogens (tertiary/aromatic N) is 1. The van der Waals surface area contributed by atoms with Crippen LogP contribution in [0.2, 0.25) is 0 Å². The molecule has 2 aromatic rings. The minimum Gasteiger partial charge on any atom is -0.457 e. The summed E-state index contributed by atoms with van der Waals surface area (Å²) >= 11 is 0. The summed E-state index contributed by atoms with van der Waals surface area (Å²) in [5.74, 6) is 1.44. The van der Waals surface area contributed by atoms with E-state index in [-0.39, 0.29) is 18.2 Å². The fourth-order valence-electron chi connectivity index (χ4n) is 2.97. The molecule has 154 valence electrons. The minimum atomic E-state index is -0.273. The molecule has 8 heteroatoms. The maximum atomic E-state index is 12.6. The average molecular weight is 398 g/mol. The second kappa shape index (κ2) is 10.3. The third-order valence-corrected chi connectivity index (χ3v) is 4.52. The molecule has 0 aromatic heterocycles. The van der Waals surface area contributed by atoms with Gasteiger partial charge < -0.3 is 30.3 Å². The molecule has 3 rings (SSSR count). The van der Waals surface area contributed by atoms with E-state index in [9.17, 15) is 9.59 Å². The fourth-order valence-corrected chi connectivity index (χ4v) is 2.97. The summed E-state index contributed by atoms with van der Waals surface area (Å²) in [6.45, 7) is 2.04. The zero-order chi connectivity index (χ0) is 20.5. The van der Waals surface area contributed by atoms with Crippen LogP contribution in [-0.4, -0.2) is 56.4 Å². The van der Waals surface area contributed by atoms with Crippen LogP contribution < -0.4 is 20.7 Å². The van der Waals surface area contributed by atoms with Gasteiger partial charge in [-0.1, -0.05) is 36.4 Å². The number of ether oxygens (including phenoxy) is 2. The number of benzene rings is 2. The number of urea groups is 2. The Morgan fingerprint density at radius 3 is 2.66 bits per heavy atom. The van der Waals surface area contributed by atoms with E-state index in [0.29, 0.717) is 38.5 Å². The summed E-state index contributed by atoms with van der Waals surface area (Å²) in [6.07, 6.45) is -0.236. The van der Waals surface area contributed by atoms with Gasteiger partial charge in [0.1, 0.15) is 11.5 Å². The normalized spacial score (nSPS) is 16.0. The molecular weight excluding hydrogens is 372 g/mol. The van der Waals surface area contributed by atoms with Crippen LogP contribution in [0, 0.1) is 0 Å². The molecule has 0 bridgehead atoms. The Morgan fingerprint density at radius 2 is 1.86 bits per heavy atom. The van der Waals surface area contributed by atoms with Gasteiger partial charge in [-0.15, -0.1) is 0 Å². The van der Waals surface area contributed by atoms with Crippen molar-refractivity contribution in [3.05, 3.63) is 60.2 Å². The Kier molecular flexibility index (Phi) is 7.29. The molecule has 3 N–H and O–H groups in total. The minimum absolute atomic E-state index is 0.173. The van der Waals surface area contributed by atoms with Crippen LogP contribution >= 0.6 is 0 Å². The summed E-state index contributed by atoms with van der Waals surface area (Å²) in [5, 5.41) is 8.13. The van der Waals surface area contributed by atoms with Crippen LogP contribution in [-0.2, 0) is 11.3 Å². The number of para-hydroxylation sites is 2. The van der Waals surface area contributed by atoms with E-state index in [4.69, 9.17) is 9.47 Å². The number of hydrogen-bond donors (Lipinski definition) is 3. The second-order valence-corrected chi connectivity index (χ2v) is 6.58. The third-order valence-electron chi connectivity index (χ3n) is 4.52. The predicted octanol–water partition coefficient (Wildman–Crippen LogP) is 2.32. The summed E-state index contributed by atoms with van der Waals surface area (Å²) < 4.78 is 11.6. The molecule has 0 spiro atoms. The molecule has 2 aromatic carbocycles. The van der Waals surface area contributed by atoms with Gasteiger partial charge in [0.2, 0.25) is 0 Å². The Hall–Kier alpha value is -3.26. The maximum Gasteiger partial charge on any atom is 0.317 e. The van der Waals surface area contributed by atoms with Crippen LogP contribution in [0.3, 0.4) is 0 Å². The van der Waals surface area contributed by atoms with Crippen molar-refractivity contribution in [2.75, 3.05) is 33.3 Å². The Labute approximate surface area is 170 Å². The molecule has 1 atom stereocenters. The molecule has 4 amide bonds. The summed E-state index contributed by atoms with van der Waals surface area (Å²) in [6, 6.07) is 16.7. The first-order chi connectivity index (χ1) is 14.2. The van der Waals surface area contributed by atoms with Gasteiger partial charge in [0.05, 0.1) is 19.3 Å². The van der Waals surface area contributed by atoms with Crippen molar-refractivity contribution in [3.8, 4) is 11.5 Å². The number of hydrogen-bond acceptors (Lipinski definition) is 4. The number of amides is 4. The van der Waals surface area contributed by atoms with E-state index in [2.05, 4.69) is 16.0 Å². The van der Waals surface area contributed by atoms with Crippen molar-refractivity contribution < 1.29 is 19.1 Å². The van der Waals surface area contributed by atoms with Gasteiger partial charge in [0.15, 0.2) is 0 Å². The molecule has 0 radical (unpaired) electrons. The lowest BCUT2D eigenvalue weighted by Crippen LogP contribution is -2.52. The standard InChI is InChI=1S/C21H26N4O4/c1-22-20(26)23-14-18-15-25(11-12-28-18)21(27)24-13-16-7-5-6-10-19(16)29-17-8-3-2-4-9-17/h2-10,18H,11-15H2,1H3,(H,24,27)(H2,22,23,26). The van der Waals surface area contributed by atoms with Crippen LogP contribution in [0.25, 0.3) is 0 Å². The quantitative estimate of drug-likeness (QED) is 0.696. The molecule has 0 aliphatic carbocycles. The predicted molar refractivity (Wildman–Crippen MR) is 109 cm³/mol. The largest absolute Gasteiger partial charge is 0.457 e. The van der Waals surface area contributed by atoms with Crippen molar-refractivity contribution in [3.63, 3.8) is 0 Å². The molecular formula is C21H26N4O4. The smallest absolute Gasteiger partial charge is 0.317 e. The zero-order valence-corrected chi connectivity index (χ0v) is 16.4. The summed E-state index contributed by atoms with van der Waals surface area (Å²) in [7, 11) is 1.55. The van der Waals surface area contributed by atoms with Crippen LogP contribution in [0.1, 0.15) is 5.56 Å². The SMILES string of the molecule is CNC(=O)NCC1CN(C(=O)NCc2ccccc2Oc2ccccc2)CCO1. The number of morpholine rings is 1. The zero-order valence-electron chi connectivity index (χ0n) is 16.4. The monoisotopic (exact) mass is 398 g/mol. The lowest BCUT2D eigenvalue weighted by Gasteiger charge is -2.33. The van der Waals surface area contributed by atoms with E-state index in [1.165, 1.54) is 0 Å². The highest BCUT2D eigenvalue weighted by Gasteiger charge is 2.24. The highest BCUT2D eigenvalue weighted by atomic mass is 16.5.